The Morgan fingerprint density at radius 3 is 0.527 bits per heavy atom. The van der Waals surface area contributed by atoms with Crippen LogP contribution >= 0.6 is 0 Å². The van der Waals surface area contributed by atoms with E-state index in [1.807, 2.05) is 0 Å². The molecule has 28 heteroatoms. The molecule has 1 aliphatic rings. The topological polar surface area (TPSA) is 408 Å². The first kappa shape index (κ1) is 82.7. The highest BCUT2D eigenvalue weighted by molar-refractivity contribution is 6.10. The van der Waals surface area contributed by atoms with Crippen LogP contribution < -0.4 is 40.2 Å². The summed E-state index contributed by atoms with van der Waals surface area (Å²) in [6.07, 6.45) is -1.22. The number of fused-ring (bicyclic) bond motifs is 8. The Balaban J connectivity index is 1.33. The molecule has 0 spiro atoms. The molecule has 584 valence electrons. The average Bonchev–Trinajstić information content (AvgIpc) is 0.765. The van der Waals surface area contributed by atoms with E-state index >= 15 is 19.2 Å². The van der Waals surface area contributed by atoms with Crippen LogP contribution in [0, 0.1) is 0 Å². The molecule has 0 heterocycles. The zero-order chi connectivity index (χ0) is 82.5. The first-order valence-electron chi connectivity index (χ1n) is 34.8. The van der Waals surface area contributed by atoms with Crippen molar-refractivity contribution in [3.8, 4) is 23.0 Å². The van der Waals surface area contributed by atoms with Gasteiger partial charge in [0.2, 0.25) is 0 Å². The van der Waals surface area contributed by atoms with Crippen LogP contribution in [0.3, 0.4) is 0 Å². The minimum Gasteiger partial charge on any atom is -0.496 e. The number of anilines is 4. The van der Waals surface area contributed by atoms with E-state index in [0.717, 1.165) is 48.5 Å². The third-order valence-corrected chi connectivity index (χ3v) is 16.6. The highest BCUT2D eigenvalue weighted by atomic mass is 16.6. The van der Waals surface area contributed by atoms with Gasteiger partial charge in [0.05, 0.1) is 72.9 Å². The van der Waals surface area contributed by atoms with Crippen molar-refractivity contribution in [1.82, 2.24) is 0 Å². The van der Waals surface area contributed by atoms with Crippen molar-refractivity contribution in [3.05, 3.63) is 233 Å². The van der Waals surface area contributed by atoms with Crippen molar-refractivity contribution >= 4 is 94.1 Å². The normalized spacial score (nSPS) is 12.0. The molecule has 0 fully saturated rings. The van der Waals surface area contributed by atoms with Crippen molar-refractivity contribution in [3.63, 3.8) is 0 Å². The van der Waals surface area contributed by atoms with E-state index in [1.165, 1.54) is 101 Å². The smallest absolute Gasteiger partial charge is 0.338 e. The number of hydrogen-bond donors (Lipinski definition) is 8. The second kappa shape index (κ2) is 32.8. The number of ether oxygens (including phenoxy) is 8. The Bertz CT molecular complexity index is 4500. The third-order valence-electron chi connectivity index (χ3n) is 16.6. The van der Waals surface area contributed by atoms with Crippen LogP contribution in [0.15, 0.2) is 121 Å². The van der Waals surface area contributed by atoms with E-state index in [-0.39, 0.29) is 183 Å². The summed E-state index contributed by atoms with van der Waals surface area (Å²) in [7, 11) is 5.38. The largest absolute Gasteiger partial charge is 0.496 e. The second-order valence-electron chi connectivity index (χ2n) is 30.3. The van der Waals surface area contributed by atoms with Crippen molar-refractivity contribution in [1.29, 1.82) is 0 Å². The fourth-order valence-corrected chi connectivity index (χ4v) is 12.4. The minimum atomic E-state index is -1.45. The minimum absolute atomic E-state index is 0.107. The monoisotopic (exact) mass is 1530 g/mol. The summed E-state index contributed by atoms with van der Waals surface area (Å²) in [5.74, 6) is -12.5. The molecule has 0 unspecified atom stereocenters. The lowest BCUT2D eigenvalue weighted by Crippen LogP contribution is -2.24. The van der Waals surface area contributed by atoms with E-state index in [4.69, 9.17) is 37.9 Å². The van der Waals surface area contributed by atoms with E-state index < -0.39 is 93.8 Å². The quantitative estimate of drug-likeness (QED) is 0.0259. The molecule has 8 aromatic carbocycles. The molecular weight excluding hydrogens is 1450 g/mol. The summed E-state index contributed by atoms with van der Waals surface area (Å²) < 4.78 is 47.6. The van der Waals surface area contributed by atoms with E-state index in [2.05, 4.69) is 21.3 Å². The highest BCUT2D eigenvalue weighted by Gasteiger charge is 2.31. The summed E-state index contributed by atoms with van der Waals surface area (Å²) in [4.78, 5) is 166. The molecule has 0 saturated heterocycles. The van der Waals surface area contributed by atoms with Crippen LogP contribution in [0.5, 0.6) is 23.0 Å². The molecule has 4 amide bonds. The van der Waals surface area contributed by atoms with Gasteiger partial charge in [0.1, 0.15) is 45.4 Å². The van der Waals surface area contributed by atoms with Gasteiger partial charge in [-0.05, 0) is 249 Å². The SMILES string of the molecule is COc1c2cc(C(=O)Nc3cc(C(=O)O)cc(C(=O)OC(C)(C)C)c3)cc1Cc1cc(C(=O)Nc3cc(C(=O)O)cc(C(=O)OC(C)(C)C)c3)cc(c1OC)Cc1cc(C(=O)Nc3cc(C(=O)O)cc(C(=O)OC(C)(C)C)c3)cc(c1OC)Cc1cc(C(=O)Nc3cc(C(=O)O)cc(C(=O)OC(C)(C)C)c3)cc(c1OC)C2. The van der Waals surface area contributed by atoms with Gasteiger partial charge >= 0.3 is 47.8 Å². The highest BCUT2D eigenvalue weighted by Crippen LogP contribution is 2.42. The number of nitrogens with one attached hydrogen (secondary N) is 4. The second-order valence-corrected chi connectivity index (χ2v) is 30.3. The average molecular weight is 1530 g/mol. The van der Waals surface area contributed by atoms with E-state index in [9.17, 15) is 58.8 Å². The predicted molar refractivity (Wildman–Crippen MR) is 409 cm³/mol. The molecule has 8 bridgehead atoms. The summed E-state index contributed by atoms with van der Waals surface area (Å²) in [6, 6.07) is 25.4. The predicted octanol–water partition coefficient (Wildman–Crippen LogP) is 14.0. The summed E-state index contributed by atoms with van der Waals surface area (Å²) in [5, 5.41) is 52.0. The third kappa shape index (κ3) is 20.7. The maximum Gasteiger partial charge on any atom is 0.338 e. The fourth-order valence-electron chi connectivity index (χ4n) is 12.4. The number of carboxylic acid groups (broad SMARTS) is 4. The van der Waals surface area contributed by atoms with Crippen molar-refractivity contribution in [2.75, 3.05) is 49.7 Å². The number of rotatable bonds is 20. The van der Waals surface area contributed by atoms with Gasteiger partial charge in [-0.3, -0.25) is 19.2 Å². The van der Waals surface area contributed by atoms with Gasteiger partial charge in [0, 0.05) is 70.7 Å². The van der Waals surface area contributed by atoms with Crippen LogP contribution in [-0.2, 0) is 44.6 Å². The maximum absolute atomic E-state index is 15.2. The zero-order valence-corrected chi connectivity index (χ0v) is 64.3. The van der Waals surface area contributed by atoms with Crippen molar-refractivity contribution in [2.45, 2.75) is 131 Å². The van der Waals surface area contributed by atoms with Crippen molar-refractivity contribution < 1.29 is 116 Å². The van der Waals surface area contributed by atoms with E-state index in [0.29, 0.717) is 0 Å². The Hall–Kier alpha value is -13.4. The number of esters is 4. The number of carbonyl (C=O) groups is 12. The van der Waals surface area contributed by atoms with Crippen LogP contribution in [0.2, 0.25) is 0 Å². The number of carbonyl (C=O) groups excluding carboxylic acids is 8. The Morgan fingerprint density at radius 1 is 0.241 bits per heavy atom. The molecule has 28 nitrogen and oxygen atoms in total. The van der Waals surface area contributed by atoms with Crippen LogP contribution in [-0.4, -0.2) is 143 Å². The Morgan fingerprint density at radius 2 is 0.393 bits per heavy atom. The number of amides is 4. The summed E-state index contributed by atoms with van der Waals surface area (Å²) >= 11 is 0. The van der Waals surface area contributed by atoms with Gasteiger partial charge in [-0.1, -0.05) is 0 Å². The molecule has 0 radical (unpaired) electrons. The van der Waals surface area contributed by atoms with E-state index in [1.54, 1.807) is 83.1 Å². The number of benzene rings is 8. The Kier molecular flexibility index (Phi) is 24.2. The van der Waals surface area contributed by atoms with Gasteiger partial charge in [-0.15, -0.1) is 0 Å². The molecule has 9 rings (SSSR count). The Labute approximate surface area is 643 Å². The first-order chi connectivity index (χ1) is 52.3. The molecule has 1 aliphatic carbocycles. The lowest BCUT2D eigenvalue weighted by Gasteiger charge is -2.23. The fraction of sp³-hybridized carbons (Fsp3) is 0.286. The van der Waals surface area contributed by atoms with Gasteiger partial charge < -0.3 is 79.6 Å². The maximum atomic E-state index is 15.2. The molecule has 0 atom stereocenters. The lowest BCUT2D eigenvalue weighted by molar-refractivity contribution is 0.00569. The molecular formula is C84H84N4O24. The molecule has 8 aromatic rings. The molecule has 0 saturated carbocycles. The number of hydrogen-bond acceptors (Lipinski definition) is 20. The van der Waals surface area contributed by atoms with Gasteiger partial charge in [0.15, 0.2) is 0 Å². The zero-order valence-electron chi connectivity index (χ0n) is 64.3. The molecule has 0 aliphatic heterocycles. The van der Waals surface area contributed by atoms with Crippen LogP contribution in [0.1, 0.15) is 252 Å². The van der Waals surface area contributed by atoms with Crippen LogP contribution in [0.4, 0.5) is 22.7 Å². The molecule has 112 heavy (non-hydrogen) atoms. The first-order valence-corrected chi connectivity index (χ1v) is 34.8. The van der Waals surface area contributed by atoms with Crippen molar-refractivity contribution in [2.24, 2.45) is 0 Å². The number of aromatic carboxylic acids is 4. The number of carboxylic acids is 4. The summed E-state index contributed by atoms with van der Waals surface area (Å²) in [6.45, 7) is 19.3. The molecule has 8 N–H and O–H groups in total. The standard InChI is InChI=1S/C84H84N4O24/c1-81(2,3)109-77(101)57-29-53(73(93)94)33-61(37-57)85-69(89)49-21-41-17-43-23-50(70(90)86-62-34-54(74(95)96)30-58(38-62)78(102)110-82(4,5)6)25-45(66(43)106-14)19-47-27-52(72(92)88-64-36-56(76(99)100)32-60(40-64)80(104)112-84(10,11)12)28-48(68(47)108-16)20-46-26-51(24-44(67(46)107-15)18-42(22-49)65(41)105-13)71(91)87-63-35-55(75(97)98)31-59(39-63)79(103)111-83(7,8)9/h21-40H,17-20H2,1-16H3,(H,85,89)(H,86,90)(H,87,91)(H,88,92)(H,93,94)(H,95,96)(H,97,98)(H,99,100). The number of methoxy groups -OCH3 is 4. The lowest BCUT2D eigenvalue weighted by atomic mass is 9.88. The summed E-state index contributed by atoms with van der Waals surface area (Å²) in [5.41, 5.74) is -5.92. The van der Waals surface area contributed by atoms with Crippen LogP contribution in [0.25, 0.3) is 0 Å². The van der Waals surface area contributed by atoms with Gasteiger partial charge in [-0.25, -0.2) is 38.4 Å². The molecule has 0 aromatic heterocycles. The van der Waals surface area contributed by atoms with Gasteiger partial charge in [0.25, 0.3) is 23.6 Å². The van der Waals surface area contributed by atoms with Gasteiger partial charge in [-0.2, -0.15) is 0 Å².